The van der Waals surface area contributed by atoms with Crippen molar-refractivity contribution in [1.29, 1.82) is 0 Å². The number of hydrogen-bond donors (Lipinski definition) is 3. The molecule has 0 unspecified atom stereocenters. The average molecular weight is 236 g/mol. The van der Waals surface area contributed by atoms with Gasteiger partial charge in [-0.25, -0.2) is 0 Å². The van der Waals surface area contributed by atoms with Crippen molar-refractivity contribution in [2.24, 2.45) is 5.73 Å². The smallest absolute Gasteiger partial charge is 0.251 e. The summed E-state index contributed by atoms with van der Waals surface area (Å²) in [5.74, 6) is -0.141. The molecule has 0 radical (unpaired) electrons. The summed E-state index contributed by atoms with van der Waals surface area (Å²) in [7, 11) is 0. The monoisotopic (exact) mass is 236 g/mol. The summed E-state index contributed by atoms with van der Waals surface area (Å²) in [6.07, 6.45) is 2.58. The number of nitrogens with one attached hydrogen (secondary N) is 1. The predicted molar refractivity (Wildman–Crippen MR) is 67.7 cm³/mol. The molecule has 1 aromatic carbocycles. The van der Waals surface area contributed by atoms with Crippen LogP contribution in [0.25, 0.3) is 0 Å². The van der Waals surface area contributed by atoms with Crippen LogP contribution in [0.2, 0.25) is 0 Å². The third kappa shape index (κ3) is 4.97. The van der Waals surface area contributed by atoms with Gasteiger partial charge in [-0.1, -0.05) is 24.6 Å². The van der Waals surface area contributed by atoms with Gasteiger partial charge in [0.15, 0.2) is 0 Å². The molecule has 0 aliphatic rings. The number of rotatable bonds is 7. The summed E-state index contributed by atoms with van der Waals surface area (Å²) < 4.78 is 0. The van der Waals surface area contributed by atoms with Crippen LogP contribution in [-0.2, 0) is 0 Å². The van der Waals surface area contributed by atoms with Crippen LogP contribution in [-0.4, -0.2) is 30.2 Å². The van der Waals surface area contributed by atoms with Crippen molar-refractivity contribution in [3.63, 3.8) is 0 Å². The fraction of sp³-hybridized carbons (Fsp3) is 0.462. The number of aliphatic hydroxyl groups excluding tert-OH is 1. The second-order valence-corrected chi connectivity index (χ2v) is 4.00. The number of amides is 1. The fourth-order valence-corrected chi connectivity index (χ4v) is 1.60. The molecule has 0 heterocycles. The highest BCUT2D eigenvalue weighted by Crippen LogP contribution is 2.03. The topological polar surface area (TPSA) is 75.3 Å². The maximum Gasteiger partial charge on any atom is 0.251 e. The van der Waals surface area contributed by atoms with Crippen molar-refractivity contribution < 1.29 is 9.90 Å². The van der Waals surface area contributed by atoms with E-state index in [1.54, 1.807) is 12.1 Å². The Labute approximate surface area is 102 Å². The quantitative estimate of drug-likeness (QED) is 0.616. The van der Waals surface area contributed by atoms with Gasteiger partial charge in [0.2, 0.25) is 0 Å². The fourth-order valence-electron chi connectivity index (χ4n) is 1.60. The van der Waals surface area contributed by atoms with Gasteiger partial charge in [-0.05, 0) is 31.5 Å². The molecule has 0 aliphatic carbocycles. The zero-order valence-electron chi connectivity index (χ0n) is 9.93. The van der Waals surface area contributed by atoms with Gasteiger partial charge in [-0.2, -0.15) is 0 Å². The lowest BCUT2D eigenvalue weighted by molar-refractivity contribution is 0.0912. The number of hydrogen-bond acceptors (Lipinski definition) is 3. The normalized spacial score (nSPS) is 12.1. The highest BCUT2D eigenvalue weighted by Gasteiger charge is 2.11. The van der Waals surface area contributed by atoms with E-state index in [1.807, 2.05) is 18.2 Å². The lowest BCUT2D eigenvalue weighted by Crippen LogP contribution is -2.37. The van der Waals surface area contributed by atoms with Crippen molar-refractivity contribution in [2.75, 3.05) is 13.2 Å². The van der Waals surface area contributed by atoms with Crippen LogP contribution in [0.15, 0.2) is 30.3 Å². The average Bonchev–Trinajstić information content (AvgIpc) is 2.38. The number of carbonyl (C=O) groups is 1. The second-order valence-electron chi connectivity index (χ2n) is 4.00. The van der Waals surface area contributed by atoms with E-state index >= 15 is 0 Å². The van der Waals surface area contributed by atoms with E-state index in [0.29, 0.717) is 12.1 Å². The van der Waals surface area contributed by atoms with E-state index in [2.05, 4.69) is 5.32 Å². The molecule has 17 heavy (non-hydrogen) atoms. The van der Waals surface area contributed by atoms with Crippen molar-refractivity contribution >= 4 is 5.91 Å². The first-order chi connectivity index (χ1) is 8.27. The van der Waals surface area contributed by atoms with Crippen LogP contribution in [0.3, 0.4) is 0 Å². The maximum atomic E-state index is 11.8. The first-order valence-electron chi connectivity index (χ1n) is 5.94. The molecule has 0 saturated carbocycles. The Morgan fingerprint density at radius 3 is 2.59 bits per heavy atom. The molecule has 1 atom stereocenters. The first kappa shape index (κ1) is 13.7. The molecule has 1 aromatic rings. The lowest BCUT2D eigenvalue weighted by atomic mass is 10.1. The van der Waals surface area contributed by atoms with Crippen LogP contribution in [0, 0.1) is 0 Å². The molecule has 4 N–H and O–H groups in total. The largest absolute Gasteiger partial charge is 0.394 e. The minimum Gasteiger partial charge on any atom is -0.394 e. The lowest BCUT2D eigenvalue weighted by Gasteiger charge is -2.16. The number of unbranched alkanes of at least 4 members (excludes halogenated alkanes) is 1. The van der Waals surface area contributed by atoms with E-state index in [-0.39, 0.29) is 18.6 Å². The van der Waals surface area contributed by atoms with E-state index in [0.717, 1.165) is 19.3 Å². The van der Waals surface area contributed by atoms with Gasteiger partial charge in [0.1, 0.15) is 0 Å². The highest BCUT2D eigenvalue weighted by molar-refractivity contribution is 5.94. The van der Waals surface area contributed by atoms with E-state index in [1.165, 1.54) is 0 Å². The van der Waals surface area contributed by atoms with Gasteiger partial charge in [-0.15, -0.1) is 0 Å². The van der Waals surface area contributed by atoms with E-state index in [4.69, 9.17) is 5.73 Å². The van der Waals surface area contributed by atoms with Crippen LogP contribution in [0.5, 0.6) is 0 Å². The molecule has 4 heteroatoms. The molecule has 1 amide bonds. The third-order valence-corrected chi connectivity index (χ3v) is 2.60. The van der Waals surface area contributed by atoms with E-state index in [9.17, 15) is 9.90 Å². The van der Waals surface area contributed by atoms with Crippen molar-refractivity contribution in [2.45, 2.75) is 25.3 Å². The number of carbonyl (C=O) groups excluding carboxylic acids is 1. The predicted octanol–water partition coefficient (Wildman–Crippen LogP) is 0.906. The molecule has 0 aromatic heterocycles. The zero-order valence-corrected chi connectivity index (χ0v) is 9.93. The third-order valence-electron chi connectivity index (χ3n) is 2.60. The summed E-state index contributed by atoms with van der Waals surface area (Å²) in [4.78, 5) is 11.8. The summed E-state index contributed by atoms with van der Waals surface area (Å²) in [5, 5.41) is 12.0. The van der Waals surface area contributed by atoms with Gasteiger partial charge in [0.25, 0.3) is 5.91 Å². The maximum absolute atomic E-state index is 11.8. The van der Waals surface area contributed by atoms with Crippen LogP contribution in [0.1, 0.15) is 29.6 Å². The Morgan fingerprint density at radius 2 is 2.00 bits per heavy atom. The molecule has 0 fully saturated rings. The summed E-state index contributed by atoms with van der Waals surface area (Å²) in [5.41, 5.74) is 6.01. The van der Waals surface area contributed by atoms with Gasteiger partial charge < -0.3 is 16.2 Å². The Kier molecular flexibility index (Phi) is 6.29. The number of aliphatic hydroxyl groups is 1. The summed E-state index contributed by atoms with van der Waals surface area (Å²) in [6, 6.07) is 8.82. The molecule has 0 aliphatic heterocycles. The molecule has 94 valence electrons. The highest BCUT2D eigenvalue weighted by atomic mass is 16.3. The number of nitrogens with two attached hydrogens (primary N) is 1. The molecule has 4 nitrogen and oxygen atoms in total. The van der Waals surface area contributed by atoms with Crippen LogP contribution >= 0.6 is 0 Å². The summed E-state index contributed by atoms with van der Waals surface area (Å²) in [6.45, 7) is 0.605. The minimum atomic E-state index is -0.186. The minimum absolute atomic E-state index is 0.0385. The standard InChI is InChI=1S/C13H20N2O2/c14-9-5-4-8-12(10-16)15-13(17)11-6-2-1-3-7-11/h1-3,6-7,12,16H,4-5,8-10,14H2,(H,15,17)/t12-/m0/s1. The first-order valence-corrected chi connectivity index (χ1v) is 5.94. The summed E-state index contributed by atoms with van der Waals surface area (Å²) >= 11 is 0. The Hall–Kier alpha value is -1.39. The Morgan fingerprint density at radius 1 is 1.29 bits per heavy atom. The molecule has 0 spiro atoms. The Bertz CT molecular complexity index is 327. The molecular weight excluding hydrogens is 216 g/mol. The van der Waals surface area contributed by atoms with Crippen molar-refractivity contribution in [3.8, 4) is 0 Å². The molecule has 1 rings (SSSR count). The molecule has 0 saturated heterocycles. The van der Waals surface area contributed by atoms with Crippen LogP contribution in [0.4, 0.5) is 0 Å². The van der Waals surface area contributed by atoms with Gasteiger partial charge in [-0.3, -0.25) is 4.79 Å². The molecule has 0 bridgehead atoms. The SMILES string of the molecule is NCCCC[C@@H](CO)NC(=O)c1ccccc1. The second kappa shape index (κ2) is 7.81. The van der Waals surface area contributed by atoms with Crippen molar-refractivity contribution in [3.05, 3.63) is 35.9 Å². The van der Waals surface area contributed by atoms with Gasteiger partial charge in [0, 0.05) is 5.56 Å². The van der Waals surface area contributed by atoms with Gasteiger partial charge in [0.05, 0.1) is 12.6 Å². The zero-order chi connectivity index (χ0) is 12.5. The molecular formula is C13H20N2O2. The number of benzene rings is 1. The van der Waals surface area contributed by atoms with Gasteiger partial charge >= 0.3 is 0 Å². The van der Waals surface area contributed by atoms with Crippen LogP contribution < -0.4 is 11.1 Å². The Balaban J connectivity index is 2.42. The van der Waals surface area contributed by atoms with E-state index < -0.39 is 0 Å². The van der Waals surface area contributed by atoms with Crippen molar-refractivity contribution in [1.82, 2.24) is 5.32 Å².